The van der Waals surface area contributed by atoms with Gasteiger partial charge in [0, 0.05) is 35.1 Å². The Labute approximate surface area is 167 Å². The standard InChI is InChI=1S/C19H12BrF2N3O2S/c20-14-8-16(22)18(9-15(14)21)25-28(26,27)12-7-17(24-10-12)13-5-1-3-11-4-2-6-23-19(11)13/h1-10,24-25H. The first-order valence-corrected chi connectivity index (χ1v) is 10.3. The average Bonchev–Trinajstić information content (AvgIpc) is 3.16. The SMILES string of the molecule is O=S(=O)(Nc1cc(F)c(Br)cc1F)c1c[nH]c(-c2cccc3cccnc23)c1. The number of benzene rings is 2. The molecule has 0 spiro atoms. The van der Waals surface area contributed by atoms with Gasteiger partial charge in [0.2, 0.25) is 0 Å². The molecular formula is C19H12BrF2N3O2S. The van der Waals surface area contributed by atoms with Crippen LogP contribution in [0.5, 0.6) is 0 Å². The van der Waals surface area contributed by atoms with Gasteiger partial charge in [0.15, 0.2) is 0 Å². The molecule has 2 aromatic heterocycles. The molecule has 9 heteroatoms. The molecule has 2 aromatic carbocycles. The zero-order valence-electron chi connectivity index (χ0n) is 14.1. The second kappa shape index (κ2) is 6.99. The third kappa shape index (κ3) is 3.38. The van der Waals surface area contributed by atoms with E-state index in [-0.39, 0.29) is 9.37 Å². The Morgan fingerprint density at radius 1 is 1.04 bits per heavy atom. The van der Waals surface area contributed by atoms with Crippen LogP contribution in [0.2, 0.25) is 0 Å². The summed E-state index contributed by atoms with van der Waals surface area (Å²) in [4.78, 5) is 7.14. The maximum absolute atomic E-state index is 14.0. The molecule has 0 radical (unpaired) electrons. The molecule has 0 aliphatic heterocycles. The number of sulfonamides is 1. The van der Waals surface area contributed by atoms with Gasteiger partial charge in [0.25, 0.3) is 10.0 Å². The summed E-state index contributed by atoms with van der Waals surface area (Å²) in [6.07, 6.45) is 2.94. The summed E-state index contributed by atoms with van der Waals surface area (Å²) in [5.41, 5.74) is 1.49. The molecule has 4 rings (SSSR count). The predicted molar refractivity (Wildman–Crippen MR) is 106 cm³/mol. The topological polar surface area (TPSA) is 74.8 Å². The van der Waals surface area contributed by atoms with Crippen LogP contribution in [0.15, 0.2) is 70.3 Å². The number of aromatic amines is 1. The highest BCUT2D eigenvalue weighted by Gasteiger charge is 2.20. The molecular weight excluding hydrogens is 452 g/mol. The Bertz CT molecular complexity index is 1300. The lowest BCUT2D eigenvalue weighted by Gasteiger charge is -2.08. The van der Waals surface area contributed by atoms with Crippen LogP contribution >= 0.6 is 15.9 Å². The molecule has 0 atom stereocenters. The Balaban J connectivity index is 1.71. The van der Waals surface area contributed by atoms with Gasteiger partial charge in [-0.1, -0.05) is 24.3 Å². The van der Waals surface area contributed by atoms with E-state index in [0.29, 0.717) is 11.2 Å². The van der Waals surface area contributed by atoms with Crippen molar-refractivity contribution in [1.82, 2.24) is 9.97 Å². The van der Waals surface area contributed by atoms with Gasteiger partial charge >= 0.3 is 0 Å². The minimum atomic E-state index is -4.13. The van der Waals surface area contributed by atoms with E-state index in [1.54, 1.807) is 6.20 Å². The van der Waals surface area contributed by atoms with Crippen molar-refractivity contribution in [2.45, 2.75) is 4.90 Å². The van der Waals surface area contributed by atoms with Crippen LogP contribution in [0.3, 0.4) is 0 Å². The lowest BCUT2D eigenvalue weighted by molar-refractivity contribution is 0.592. The highest BCUT2D eigenvalue weighted by molar-refractivity contribution is 9.10. The van der Waals surface area contributed by atoms with E-state index in [4.69, 9.17) is 0 Å². The van der Waals surface area contributed by atoms with Crippen LogP contribution in [0.4, 0.5) is 14.5 Å². The number of para-hydroxylation sites is 1. The van der Waals surface area contributed by atoms with E-state index in [9.17, 15) is 17.2 Å². The molecule has 5 nitrogen and oxygen atoms in total. The molecule has 0 bridgehead atoms. The Hall–Kier alpha value is -2.78. The van der Waals surface area contributed by atoms with Gasteiger partial charge < -0.3 is 4.98 Å². The van der Waals surface area contributed by atoms with Crippen molar-refractivity contribution in [3.8, 4) is 11.3 Å². The van der Waals surface area contributed by atoms with E-state index in [1.165, 1.54) is 12.3 Å². The number of hydrogen-bond donors (Lipinski definition) is 2. The van der Waals surface area contributed by atoms with Gasteiger partial charge in [0.1, 0.15) is 16.5 Å². The van der Waals surface area contributed by atoms with Crippen LogP contribution < -0.4 is 4.72 Å². The molecule has 0 fully saturated rings. The van der Waals surface area contributed by atoms with Gasteiger partial charge in [-0.2, -0.15) is 0 Å². The normalized spacial score (nSPS) is 11.7. The number of halogens is 3. The average molecular weight is 464 g/mol. The summed E-state index contributed by atoms with van der Waals surface area (Å²) < 4.78 is 54.8. The first-order chi connectivity index (χ1) is 13.3. The molecule has 0 amide bonds. The molecule has 0 aliphatic carbocycles. The first-order valence-electron chi connectivity index (χ1n) is 8.05. The molecule has 142 valence electrons. The third-order valence-corrected chi connectivity index (χ3v) is 6.10. The molecule has 28 heavy (non-hydrogen) atoms. The Kier molecular flexibility index (Phi) is 4.64. The van der Waals surface area contributed by atoms with Crippen LogP contribution in [0.1, 0.15) is 0 Å². The fraction of sp³-hybridized carbons (Fsp3) is 0. The number of H-pyrrole nitrogens is 1. The minimum absolute atomic E-state index is 0.0969. The van der Waals surface area contributed by atoms with Crippen molar-refractivity contribution in [2.24, 2.45) is 0 Å². The number of nitrogens with zero attached hydrogens (tertiary/aromatic N) is 1. The Morgan fingerprint density at radius 3 is 2.64 bits per heavy atom. The minimum Gasteiger partial charge on any atom is -0.360 e. The summed E-state index contributed by atoms with van der Waals surface area (Å²) in [7, 11) is -4.13. The second-order valence-electron chi connectivity index (χ2n) is 5.98. The summed E-state index contributed by atoms with van der Waals surface area (Å²) >= 11 is 2.85. The van der Waals surface area contributed by atoms with Gasteiger partial charge in [-0.25, -0.2) is 17.2 Å². The van der Waals surface area contributed by atoms with Crippen LogP contribution in [-0.2, 0) is 10.0 Å². The fourth-order valence-electron chi connectivity index (χ4n) is 2.81. The number of fused-ring (bicyclic) bond motifs is 1. The predicted octanol–water partition coefficient (Wildman–Crippen LogP) is 5.07. The van der Waals surface area contributed by atoms with E-state index in [0.717, 1.165) is 23.1 Å². The highest BCUT2D eigenvalue weighted by Crippen LogP contribution is 2.29. The number of nitrogens with one attached hydrogen (secondary N) is 2. The maximum atomic E-state index is 14.0. The van der Waals surface area contributed by atoms with Crippen molar-refractivity contribution in [3.63, 3.8) is 0 Å². The second-order valence-corrected chi connectivity index (χ2v) is 8.52. The van der Waals surface area contributed by atoms with Crippen LogP contribution in [-0.4, -0.2) is 18.4 Å². The van der Waals surface area contributed by atoms with Crippen molar-refractivity contribution in [3.05, 3.63) is 77.0 Å². The molecule has 2 N–H and O–H groups in total. The molecule has 4 aromatic rings. The summed E-state index contributed by atoms with van der Waals surface area (Å²) in [5, 5.41) is 0.907. The van der Waals surface area contributed by atoms with E-state index in [1.807, 2.05) is 30.3 Å². The number of aromatic nitrogens is 2. The summed E-state index contributed by atoms with van der Waals surface area (Å²) in [5.74, 6) is -1.68. The summed E-state index contributed by atoms with van der Waals surface area (Å²) in [6.45, 7) is 0. The van der Waals surface area contributed by atoms with Crippen LogP contribution in [0, 0.1) is 11.6 Å². The van der Waals surface area contributed by atoms with Crippen molar-refractivity contribution < 1.29 is 17.2 Å². The zero-order valence-corrected chi connectivity index (χ0v) is 16.5. The largest absolute Gasteiger partial charge is 0.360 e. The van der Waals surface area contributed by atoms with Gasteiger partial charge in [0.05, 0.1) is 15.7 Å². The molecule has 0 saturated heterocycles. The fourth-order valence-corrected chi connectivity index (χ4v) is 4.18. The number of rotatable bonds is 4. The Morgan fingerprint density at radius 2 is 1.82 bits per heavy atom. The van der Waals surface area contributed by atoms with Crippen molar-refractivity contribution >= 4 is 42.5 Å². The summed E-state index contributed by atoms with van der Waals surface area (Å²) in [6, 6.07) is 12.3. The monoisotopic (exact) mass is 463 g/mol. The molecule has 2 heterocycles. The maximum Gasteiger partial charge on any atom is 0.263 e. The van der Waals surface area contributed by atoms with Gasteiger partial charge in [-0.15, -0.1) is 0 Å². The van der Waals surface area contributed by atoms with Crippen LogP contribution in [0.25, 0.3) is 22.2 Å². The van der Waals surface area contributed by atoms with E-state index in [2.05, 4.69) is 30.6 Å². The van der Waals surface area contributed by atoms with E-state index >= 15 is 0 Å². The third-order valence-electron chi connectivity index (χ3n) is 4.14. The lowest BCUT2D eigenvalue weighted by Crippen LogP contribution is -2.13. The van der Waals surface area contributed by atoms with Gasteiger partial charge in [-0.05, 0) is 34.1 Å². The smallest absolute Gasteiger partial charge is 0.263 e. The first kappa shape index (κ1) is 18.6. The molecule has 0 aliphatic rings. The number of pyridine rings is 1. The number of anilines is 1. The van der Waals surface area contributed by atoms with Crippen molar-refractivity contribution in [2.75, 3.05) is 4.72 Å². The van der Waals surface area contributed by atoms with Gasteiger partial charge in [-0.3, -0.25) is 9.71 Å². The number of hydrogen-bond acceptors (Lipinski definition) is 3. The molecule has 0 unspecified atom stereocenters. The van der Waals surface area contributed by atoms with E-state index < -0.39 is 27.3 Å². The highest BCUT2D eigenvalue weighted by atomic mass is 79.9. The molecule has 0 saturated carbocycles. The lowest BCUT2D eigenvalue weighted by atomic mass is 10.1. The zero-order chi connectivity index (χ0) is 19.9. The quantitative estimate of drug-likeness (QED) is 0.414. The van der Waals surface area contributed by atoms with Crippen molar-refractivity contribution in [1.29, 1.82) is 0 Å².